The minimum Gasteiger partial charge on any atom is -0.349 e. The van der Waals surface area contributed by atoms with Gasteiger partial charge in [0.25, 0.3) is 11.8 Å². The molecule has 5 rings (SSSR count). The summed E-state index contributed by atoms with van der Waals surface area (Å²) in [5, 5.41) is 10.7. The van der Waals surface area contributed by atoms with Crippen molar-refractivity contribution in [1.29, 1.82) is 0 Å². The van der Waals surface area contributed by atoms with E-state index in [1.165, 1.54) is 0 Å². The average Bonchev–Trinajstić information content (AvgIpc) is 3.54. The Labute approximate surface area is 192 Å². The molecule has 1 aromatic heterocycles. The summed E-state index contributed by atoms with van der Waals surface area (Å²) >= 11 is 0. The first-order chi connectivity index (χ1) is 16.1. The van der Waals surface area contributed by atoms with Crippen LogP contribution in [0.5, 0.6) is 0 Å². The third-order valence-corrected chi connectivity index (χ3v) is 5.67. The lowest BCUT2D eigenvalue weighted by atomic mass is 10.0. The lowest BCUT2D eigenvalue weighted by Gasteiger charge is -2.09. The van der Waals surface area contributed by atoms with Gasteiger partial charge in [0.2, 0.25) is 0 Å². The quantitative estimate of drug-likeness (QED) is 0.447. The molecule has 0 spiro atoms. The molecule has 1 fully saturated rings. The molecular weight excluding hydrogens is 412 g/mol. The normalized spacial score (nSPS) is 12.9. The number of aryl methyl sites for hydroxylation is 1. The van der Waals surface area contributed by atoms with E-state index in [2.05, 4.69) is 10.6 Å². The standard InChI is InChI=1S/C27H24N4O2/c1-18-8-5-6-13-23(18)25-24(17-31(30-25)22-11-3-2-4-12-22)27(33)29-21-10-7-9-19(16-21)26(32)28-20-14-15-20/h2-13,16-17,20H,14-15H2,1H3,(H,28,32)(H,29,33). The molecule has 1 aliphatic carbocycles. The monoisotopic (exact) mass is 436 g/mol. The van der Waals surface area contributed by atoms with E-state index in [0.29, 0.717) is 22.5 Å². The largest absolute Gasteiger partial charge is 0.349 e. The average molecular weight is 437 g/mol. The number of nitrogens with one attached hydrogen (secondary N) is 2. The van der Waals surface area contributed by atoms with E-state index < -0.39 is 0 Å². The number of nitrogens with zero attached hydrogens (tertiary/aromatic N) is 2. The molecule has 2 N–H and O–H groups in total. The van der Waals surface area contributed by atoms with E-state index in [9.17, 15) is 9.59 Å². The van der Waals surface area contributed by atoms with Crippen molar-refractivity contribution in [2.75, 3.05) is 5.32 Å². The fraction of sp³-hybridized carbons (Fsp3) is 0.148. The number of amides is 2. The van der Waals surface area contributed by atoms with Crippen LogP contribution in [0.2, 0.25) is 0 Å². The maximum atomic E-state index is 13.4. The number of carbonyl (C=O) groups excluding carboxylic acids is 2. The molecular formula is C27H24N4O2. The molecule has 164 valence electrons. The molecule has 0 radical (unpaired) electrons. The summed E-state index contributed by atoms with van der Waals surface area (Å²) in [6, 6.07) is 24.8. The second-order valence-corrected chi connectivity index (χ2v) is 8.27. The molecule has 1 heterocycles. The number of aromatic nitrogens is 2. The van der Waals surface area contributed by atoms with Crippen molar-refractivity contribution in [3.8, 4) is 16.9 Å². The predicted molar refractivity (Wildman–Crippen MR) is 129 cm³/mol. The van der Waals surface area contributed by atoms with E-state index >= 15 is 0 Å². The Balaban J connectivity index is 1.48. The van der Waals surface area contributed by atoms with Crippen molar-refractivity contribution < 1.29 is 9.59 Å². The first-order valence-corrected chi connectivity index (χ1v) is 11.0. The molecule has 3 aromatic carbocycles. The number of hydrogen-bond acceptors (Lipinski definition) is 3. The topological polar surface area (TPSA) is 76.0 Å². The summed E-state index contributed by atoms with van der Waals surface area (Å²) in [5.41, 5.74) is 4.95. The smallest absolute Gasteiger partial charge is 0.259 e. The van der Waals surface area contributed by atoms with Gasteiger partial charge in [-0.3, -0.25) is 9.59 Å². The van der Waals surface area contributed by atoms with Crippen LogP contribution in [0, 0.1) is 6.92 Å². The van der Waals surface area contributed by atoms with Gasteiger partial charge in [0.15, 0.2) is 0 Å². The molecule has 0 unspecified atom stereocenters. The predicted octanol–water partition coefficient (Wildman–Crippen LogP) is 4.99. The zero-order valence-corrected chi connectivity index (χ0v) is 18.3. The summed E-state index contributed by atoms with van der Waals surface area (Å²) in [5.74, 6) is -0.402. The number of rotatable bonds is 6. The van der Waals surface area contributed by atoms with Gasteiger partial charge in [-0.05, 0) is 55.7 Å². The summed E-state index contributed by atoms with van der Waals surface area (Å²) in [6.07, 6.45) is 3.79. The molecule has 4 aromatic rings. The van der Waals surface area contributed by atoms with Crippen LogP contribution < -0.4 is 10.6 Å². The van der Waals surface area contributed by atoms with Gasteiger partial charge in [0.1, 0.15) is 5.69 Å². The van der Waals surface area contributed by atoms with E-state index in [1.54, 1.807) is 35.1 Å². The summed E-state index contributed by atoms with van der Waals surface area (Å²) in [4.78, 5) is 25.8. The van der Waals surface area contributed by atoms with Crippen LogP contribution >= 0.6 is 0 Å². The van der Waals surface area contributed by atoms with Crippen molar-refractivity contribution in [1.82, 2.24) is 15.1 Å². The third kappa shape index (κ3) is 4.55. The Morgan fingerprint density at radius 1 is 0.909 bits per heavy atom. The van der Waals surface area contributed by atoms with Crippen molar-refractivity contribution >= 4 is 17.5 Å². The van der Waals surface area contributed by atoms with Crippen LogP contribution in [0.1, 0.15) is 39.1 Å². The lowest BCUT2D eigenvalue weighted by Crippen LogP contribution is -2.25. The van der Waals surface area contributed by atoms with Gasteiger partial charge in [-0.1, -0.05) is 48.5 Å². The first-order valence-electron chi connectivity index (χ1n) is 11.0. The summed E-state index contributed by atoms with van der Waals surface area (Å²) in [6.45, 7) is 2.00. The number of hydrogen-bond donors (Lipinski definition) is 2. The second kappa shape index (κ2) is 8.74. The van der Waals surface area contributed by atoms with Crippen molar-refractivity contribution in [3.05, 3.63) is 102 Å². The van der Waals surface area contributed by atoms with Crippen molar-refractivity contribution in [2.24, 2.45) is 0 Å². The Morgan fingerprint density at radius 3 is 2.42 bits per heavy atom. The summed E-state index contributed by atoms with van der Waals surface area (Å²) < 4.78 is 1.72. The van der Waals surface area contributed by atoms with Crippen molar-refractivity contribution in [2.45, 2.75) is 25.8 Å². The lowest BCUT2D eigenvalue weighted by molar-refractivity contribution is 0.0949. The van der Waals surface area contributed by atoms with Crippen LogP contribution in [0.3, 0.4) is 0 Å². The molecule has 33 heavy (non-hydrogen) atoms. The van der Waals surface area contributed by atoms with E-state index in [4.69, 9.17) is 5.10 Å². The highest BCUT2D eigenvalue weighted by atomic mass is 16.2. The molecule has 0 atom stereocenters. The second-order valence-electron chi connectivity index (χ2n) is 8.27. The van der Waals surface area contributed by atoms with Gasteiger partial charge in [-0.25, -0.2) is 4.68 Å². The van der Waals surface area contributed by atoms with E-state index in [-0.39, 0.29) is 17.9 Å². The first kappa shape index (κ1) is 20.7. The minimum atomic E-state index is -0.282. The Hall–Kier alpha value is -4.19. The molecule has 2 amide bonds. The zero-order valence-electron chi connectivity index (χ0n) is 18.3. The van der Waals surface area contributed by atoms with Gasteiger partial charge < -0.3 is 10.6 Å². The van der Waals surface area contributed by atoms with Crippen LogP contribution in [0.15, 0.2) is 85.1 Å². The SMILES string of the molecule is Cc1ccccc1-c1nn(-c2ccccc2)cc1C(=O)Nc1cccc(C(=O)NC2CC2)c1. The Morgan fingerprint density at radius 2 is 1.67 bits per heavy atom. The Bertz CT molecular complexity index is 1320. The number of para-hydroxylation sites is 1. The highest BCUT2D eigenvalue weighted by Gasteiger charge is 2.24. The number of carbonyl (C=O) groups is 2. The van der Waals surface area contributed by atoms with Crippen LogP contribution in [-0.4, -0.2) is 27.6 Å². The number of benzene rings is 3. The molecule has 1 aliphatic rings. The molecule has 0 bridgehead atoms. The summed E-state index contributed by atoms with van der Waals surface area (Å²) in [7, 11) is 0. The highest BCUT2D eigenvalue weighted by Crippen LogP contribution is 2.27. The maximum Gasteiger partial charge on any atom is 0.259 e. The van der Waals surface area contributed by atoms with E-state index in [1.807, 2.05) is 61.5 Å². The van der Waals surface area contributed by atoms with Crippen LogP contribution in [0.25, 0.3) is 16.9 Å². The molecule has 6 nitrogen and oxygen atoms in total. The molecule has 0 saturated heterocycles. The minimum absolute atomic E-state index is 0.119. The third-order valence-electron chi connectivity index (χ3n) is 5.67. The number of anilines is 1. The molecule has 1 saturated carbocycles. The Kier molecular flexibility index (Phi) is 5.48. The fourth-order valence-electron chi connectivity index (χ4n) is 3.72. The van der Waals surface area contributed by atoms with Gasteiger partial charge in [-0.15, -0.1) is 0 Å². The van der Waals surface area contributed by atoms with E-state index in [0.717, 1.165) is 29.7 Å². The van der Waals surface area contributed by atoms with Gasteiger partial charge in [0, 0.05) is 29.1 Å². The maximum absolute atomic E-state index is 13.4. The van der Waals surface area contributed by atoms with Gasteiger partial charge >= 0.3 is 0 Å². The van der Waals surface area contributed by atoms with Gasteiger partial charge in [0.05, 0.1) is 11.3 Å². The van der Waals surface area contributed by atoms with Crippen LogP contribution in [-0.2, 0) is 0 Å². The van der Waals surface area contributed by atoms with Crippen LogP contribution in [0.4, 0.5) is 5.69 Å². The zero-order chi connectivity index (χ0) is 22.8. The molecule has 6 heteroatoms. The van der Waals surface area contributed by atoms with Crippen molar-refractivity contribution in [3.63, 3.8) is 0 Å². The highest BCUT2D eigenvalue weighted by molar-refractivity contribution is 6.08. The fourth-order valence-corrected chi connectivity index (χ4v) is 3.72. The van der Waals surface area contributed by atoms with Gasteiger partial charge in [-0.2, -0.15) is 5.10 Å². The molecule has 0 aliphatic heterocycles.